The van der Waals surface area contributed by atoms with Crippen molar-refractivity contribution < 1.29 is 9.47 Å². The summed E-state index contributed by atoms with van der Waals surface area (Å²) in [5, 5.41) is 8.03. The first-order valence-corrected chi connectivity index (χ1v) is 6.16. The molecule has 0 unspecified atom stereocenters. The summed E-state index contributed by atoms with van der Waals surface area (Å²) in [6.07, 6.45) is 3.36. The molecule has 0 aliphatic rings. The van der Waals surface area contributed by atoms with Gasteiger partial charge in [-0.3, -0.25) is 0 Å². The first-order chi connectivity index (χ1) is 9.81. The lowest BCUT2D eigenvalue weighted by Crippen LogP contribution is -1.90. The summed E-state index contributed by atoms with van der Waals surface area (Å²) in [6.45, 7) is 0. The molecule has 2 aromatic carbocycles. The van der Waals surface area contributed by atoms with E-state index in [1.807, 2.05) is 48.5 Å². The smallest absolute Gasteiger partial charge is 0.123 e. The first kappa shape index (κ1) is 13.8. The first-order valence-electron chi connectivity index (χ1n) is 6.16. The van der Waals surface area contributed by atoms with Crippen molar-refractivity contribution in [2.75, 3.05) is 14.2 Å². The van der Waals surface area contributed by atoms with Gasteiger partial charge in [-0.05, 0) is 17.7 Å². The number of rotatable bonds is 5. The molecule has 0 aliphatic carbocycles. The molecule has 0 atom stereocenters. The molecule has 0 radical (unpaired) electrons. The summed E-state index contributed by atoms with van der Waals surface area (Å²) in [5.74, 6) is 1.44. The molecule has 0 spiro atoms. The number of methoxy groups -OCH3 is 2. The monoisotopic (exact) mass is 268 g/mol. The second-order valence-corrected chi connectivity index (χ2v) is 4.05. The molecule has 0 aromatic heterocycles. The minimum Gasteiger partial charge on any atom is -0.497 e. The molecular formula is C16H16N2O2. The van der Waals surface area contributed by atoms with E-state index in [0.29, 0.717) is 0 Å². The molecule has 0 fully saturated rings. The number of hydrogen-bond donors (Lipinski definition) is 0. The fourth-order valence-corrected chi connectivity index (χ4v) is 1.64. The maximum Gasteiger partial charge on any atom is 0.123 e. The fraction of sp³-hybridized carbons (Fsp3) is 0.125. The van der Waals surface area contributed by atoms with Crippen LogP contribution in [-0.4, -0.2) is 26.6 Å². The zero-order valence-electron chi connectivity index (χ0n) is 11.5. The van der Waals surface area contributed by atoms with Gasteiger partial charge in [0.15, 0.2) is 0 Å². The van der Waals surface area contributed by atoms with Gasteiger partial charge in [-0.25, -0.2) is 0 Å². The Morgan fingerprint density at radius 1 is 0.750 bits per heavy atom. The van der Waals surface area contributed by atoms with E-state index in [1.165, 1.54) is 0 Å². The van der Waals surface area contributed by atoms with Crippen molar-refractivity contribution in [1.29, 1.82) is 0 Å². The highest BCUT2D eigenvalue weighted by Crippen LogP contribution is 2.21. The summed E-state index contributed by atoms with van der Waals surface area (Å²) in [4.78, 5) is 0. The summed E-state index contributed by atoms with van der Waals surface area (Å²) < 4.78 is 10.4. The average molecular weight is 268 g/mol. The molecule has 2 aromatic rings. The van der Waals surface area contributed by atoms with E-state index < -0.39 is 0 Å². The van der Waals surface area contributed by atoms with Crippen molar-refractivity contribution >= 4 is 12.4 Å². The van der Waals surface area contributed by atoms with Gasteiger partial charge in [0.25, 0.3) is 0 Å². The highest BCUT2D eigenvalue weighted by molar-refractivity contribution is 5.83. The quantitative estimate of drug-likeness (QED) is 0.617. The Bertz CT molecular complexity index is 585. The van der Waals surface area contributed by atoms with Gasteiger partial charge in [-0.15, -0.1) is 0 Å². The van der Waals surface area contributed by atoms with Gasteiger partial charge < -0.3 is 9.47 Å². The van der Waals surface area contributed by atoms with Gasteiger partial charge in [0.05, 0.1) is 26.6 Å². The molecule has 0 N–H and O–H groups in total. The van der Waals surface area contributed by atoms with E-state index in [1.54, 1.807) is 26.6 Å². The molecule has 102 valence electrons. The number of benzene rings is 2. The molecule has 4 nitrogen and oxygen atoms in total. The van der Waals surface area contributed by atoms with Crippen molar-refractivity contribution in [1.82, 2.24) is 0 Å². The predicted molar refractivity (Wildman–Crippen MR) is 81.2 cm³/mol. The van der Waals surface area contributed by atoms with Crippen LogP contribution in [0.25, 0.3) is 0 Å². The van der Waals surface area contributed by atoms with Crippen molar-refractivity contribution in [3.63, 3.8) is 0 Å². The SMILES string of the molecule is COc1cc(C=NN=Cc2ccccc2)cc(OC)c1. The minimum absolute atomic E-state index is 0.720. The Morgan fingerprint density at radius 2 is 1.30 bits per heavy atom. The largest absolute Gasteiger partial charge is 0.497 e. The van der Waals surface area contributed by atoms with Crippen LogP contribution in [0.3, 0.4) is 0 Å². The van der Waals surface area contributed by atoms with Gasteiger partial charge >= 0.3 is 0 Å². The third-order valence-electron chi connectivity index (χ3n) is 2.65. The summed E-state index contributed by atoms with van der Waals surface area (Å²) >= 11 is 0. The highest BCUT2D eigenvalue weighted by Gasteiger charge is 1.99. The third kappa shape index (κ3) is 3.95. The van der Waals surface area contributed by atoms with Gasteiger partial charge in [0.2, 0.25) is 0 Å². The van der Waals surface area contributed by atoms with Crippen LogP contribution < -0.4 is 9.47 Å². The molecule has 2 rings (SSSR count). The summed E-state index contributed by atoms with van der Waals surface area (Å²) in [5.41, 5.74) is 1.87. The molecule has 0 saturated heterocycles. The van der Waals surface area contributed by atoms with E-state index in [0.717, 1.165) is 22.6 Å². The van der Waals surface area contributed by atoms with Crippen LogP contribution in [0.5, 0.6) is 11.5 Å². The Balaban J connectivity index is 2.09. The Hall–Kier alpha value is -2.62. The van der Waals surface area contributed by atoms with E-state index in [9.17, 15) is 0 Å². The molecule has 0 bridgehead atoms. The maximum atomic E-state index is 5.19. The maximum absolute atomic E-state index is 5.19. The number of nitrogens with zero attached hydrogens (tertiary/aromatic N) is 2. The Morgan fingerprint density at radius 3 is 1.85 bits per heavy atom. The fourth-order valence-electron chi connectivity index (χ4n) is 1.64. The number of ether oxygens (including phenoxy) is 2. The molecule has 0 amide bonds. The predicted octanol–water partition coefficient (Wildman–Crippen LogP) is 3.16. The van der Waals surface area contributed by atoms with Gasteiger partial charge in [-0.1, -0.05) is 30.3 Å². The van der Waals surface area contributed by atoms with Crippen molar-refractivity contribution in [3.05, 3.63) is 59.7 Å². The highest BCUT2D eigenvalue weighted by atomic mass is 16.5. The second-order valence-electron chi connectivity index (χ2n) is 4.05. The van der Waals surface area contributed by atoms with E-state index in [4.69, 9.17) is 9.47 Å². The normalized spacial score (nSPS) is 11.1. The average Bonchev–Trinajstić information content (AvgIpc) is 2.52. The lowest BCUT2D eigenvalue weighted by atomic mass is 10.2. The van der Waals surface area contributed by atoms with Crippen LogP contribution in [0.4, 0.5) is 0 Å². The Kier molecular flexibility index (Phi) is 4.89. The molecule has 0 heterocycles. The van der Waals surface area contributed by atoms with Crippen LogP contribution in [0, 0.1) is 0 Å². The van der Waals surface area contributed by atoms with E-state index in [-0.39, 0.29) is 0 Å². The van der Waals surface area contributed by atoms with Crippen LogP contribution in [0.2, 0.25) is 0 Å². The summed E-state index contributed by atoms with van der Waals surface area (Å²) in [6, 6.07) is 15.3. The molecule has 4 heteroatoms. The summed E-state index contributed by atoms with van der Waals surface area (Å²) in [7, 11) is 3.23. The second kappa shape index (κ2) is 7.09. The van der Waals surface area contributed by atoms with Crippen molar-refractivity contribution in [3.8, 4) is 11.5 Å². The zero-order valence-corrected chi connectivity index (χ0v) is 11.5. The van der Waals surface area contributed by atoms with Crippen LogP contribution in [0.15, 0.2) is 58.7 Å². The van der Waals surface area contributed by atoms with Gasteiger partial charge in [0, 0.05) is 11.6 Å². The van der Waals surface area contributed by atoms with E-state index >= 15 is 0 Å². The lowest BCUT2D eigenvalue weighted by Gasteiger charge is -2.04. The van der Waals surface area contributed by atoms with Crippen LogP contribution >= 0.6 is 0 Å². The molecule has 0 aliphatic heterocycles. The Labute approximate surface area is 118 Å². The topological polar surface area (TPSA) is 43.2 Å². The minimum atomic E-state index is 0.720. The zero-order chi connectivity index (χ0) is 14.2. The molecule has 0 saturated carbocycles. The van der Waals surface area contributed by atoms with E-state index in [2.05, 4.69) is 10.2 Å². The molecule has 20 heavy (non-hydrogen) atoms. The van der Waals surface area contributed by atoms with Gasteiger partial charge in [0.1, 0.15) is 11.5 Å². The van der Waals surface area contributed by atoms with Crippen molar-refractivity contribution in [2.24, 2.45) is 10.2 Å². The molecular weight excluding hydrogens is 252 g/mol. The van der Waals surface area contributed by atoms with Crippen molar-refractivity contribution in [2.45, 2.75) is 0 Å². The number of hydrogen-bond acceptors (Lipinski definition) is 4. The lowest BCUT2D eigenvalue weighted by molar-refractivity contribution is 0.394. The van der Waals surface area contributed by atoms with Gasteiger partial charge in [-0.2, -0.15) is 10.2 Å². The standard InChI is InChI=1S/C16H16N2O2/c1-19-15-8-14(9-16(10-15)20-2)12-18-17-11-13-6-4-3-5-7-13/h3-12H,1-2H3. The van der Waals surface area contributed by atoms with Crippen LogP contribution in [0.1, 0.15) is 11.1 Å². The van der Waals surface area contributed by atoms with Crippen LogP contribution in [-0.2, 0) is 0 Å². The third-order valence-corrected chi connectivity index (χ3v) is 2.65.